The Morgan fingerprint density at radius 3 is 2.57 bits per heavy atom. The summed E-state index contributed by atoms with van der Waals surface area (Å²) in [4.78, 5) is 43.2. The predicted octanol–water partition coefficient (Wildman–Crippen LogP) is 3.93. The largest absolute Gasteiger partial charge is 0.325 e. The molecule has 0 unspecified atom stereocenters. The molecule has 1 aromatic heterocycles. The van der Waals surface area contributed by atoms with E-state index in [0.29, 0.717) is 18.0 Å². The van der Waals surface area contributed by atoms with Crippen LogP contribution in [0.1, 0.15) is 48.8 Å². The number of nitrogens with one attached hydrogen (secondary N) is 2. The second kappa shape index (κ2) is 7.83. The molecule has 4 rings (SSSR count). The third-order valence-electron chi connectivity index (χ3n) is 6.12. The second-order valence-corrected chi connectivity index (χ2v) is 9.16. The van der Waals surface area contributed by atoms with Crippen molar-refractivity contribution in [3.8, 4) is 11.3 Å². The fraction of sp³-hybridized carbons (Fsp3) is 0.455. The number of anilines is 1. The van der Waals surface area contributed by atoms with Crippen LogP contribution in [0.5, 0.6) is 0 Å². The Morgan fingerprint density at radius 2 is 1.83 bits per heavy atom. The highest BCUT2D eigenvalue weighted by molar-refractivity contribution is 7.14. The summed E-state index contributed by atoms with van der Waals surface area (Å²) in [5.41, 5.74) is 4.55. The number of thiazole rings is 1. The Hall–Kier alpha value is -2.74. The molecule has 1 spiro atoms. The quantitative estimate of drug-likeness (QED) is 0.725. The molecule has 2 N–H and O–H groups in total. The molecule has 2 aliphatic rings. The van der Waals surface area contributed by atoms with Crippen molar-refractivity contribution in [3.63, 3.8) is 0 Å². The smallest absolute Gasteiger partial charge is 0.323 e. The van der Waals surface area contributed by atoms with Gasteiger partial charge in [0.2, 0.25) is 5.91 Å². The number of benzene rings is 1. The van der Waals surface area contributed by atoms with E-state index in [1.54, 1.807) is 0 Å². The molecule has 0 radical (unpaired) electrons. The zero-order valence-electron chi connectivity index (χ0n) is 17.5. The number of hydrogen-bond acceptors (Lipinski definition) is 5. The average molecular weight is 427 g/mol. The standard InChI is InChI=1S/C22H26N4O3S/c1-13-9-15(3)16(10-14(13)2)17-12-30-20(23-17)24-18(27)11-26-19(28)22(25-21(26)29)7-5-4-6-8-22/h9-10,12H,4-8,11H2,1-3H3,(H,25,29)(H,23,24,27). The van der Waals surface area contributed by atoms with Crippen LogP contribution in [0.2, 0.25) is 0 Å². The topological polar surface area (TPSA) is 91.4 Å². The summed E-state index contributed by atoms with van der Waals surface area (Å²) >= 11 is 1.33. The van der Waals surface area contributed by atoms with E-state index >= 15 is 0 Å². The van der Waals surface area contributed by atoms with Gasteiger partial charge >= 0.3 is 6.03 Å². The number of aromatic nitrogens is 1. The molecule has 2 heterocycles. The van der Waals surface area contributed by atoms with E-state index in [1.807, 2.05) is 12.3 Å². The van der Waals surface area contributed by atoms with Crippen LogP contribution in [0.3, 0.4) is 0 Å². The predicted molar refractivity (Wildman–Crippen MR) is 116 cm³/mol. The molecule has 1 aliphatic carbocycles. The van der Waals surface area contributed by atoms with Crippen LogP contribution in [0, 0.1) is 20.8 Å². The van der Waals surface area contributed by atoms with Gasteiger partial charge in [0.15, 0.2) is 5.13 Å². The monoisotopic (exact) mass is 426 g/mol. The van der Waals surface area contributed by atoms with E-state index in [0.717, 1.165) is 41.0 Å². The van der Waals surface area contributed by atoms with E-state index in [1.165, 1.54) is 22.5 Å². The minimum Gasteiger partial charge on any atom is -0.323 e. The van der Waals surface area contributed by atoms with E-state index in [2.05, 4.69) is 41.6 Å². The normalized spacial score (nSPS) is 18.0. The van der Waals surface area contributed by atoms with Crippen molar-refractivity contribution >= 4 is 34.3 Å². The Labute approximate surface area is 179 Å². The SMILES string of the molecule is Cc1cc(C)c(-c2csc(NC(=O)CN3C(=O)NC4(CCCCC4)C3=O)n2)cc1C. The maximum Gasteiger partial charge on any atom is 0.325 e. The molecule has 1 saturated heterocycles. The van der Waals surface area contributed by atoms with Gasteiger partial charge in [0, 0.05) is 10.9 Å². The number of urea groups is 1. The molecule has 2 fully saturated rings. The first kappa shape index (κ1) is 20.5. The van der Waals surface area contributed by atoms with Crippen LogP contribution < -0.4 is 10.6 Å². The molecule has 158 valence electrons. The molecular weight excluding hydrogens is 400 g/mol. The van der Waals surface area contributed by atoms with Crippen molar-refractivity contribution in [3.05, 3.63) is 34.2 Å². The molecule has 4 amide bonds. The molecule has 1 saturated carbocycles. The van der Waals surface area contributed by atoms with E-state index < -0.39 is 17.5 Å². The molecule has 0 atom stereocenters. The van der Waals surface area contributed by atoms with Crippen LogP contribution >= 0.6 is 11.3 Å². The molecule has 7 nitrogen and oxygen atoms in total. The third kappa shape index (κ3) is 3.71. The Balaban J connectivity index is 1.44. The van der Waals surface area contributed by atoms with Crippen molar-refractivity contribution in [1.29, 1.82) is 0 Å². The minimum absolute atomic E-state index is 0.284. The highest BCUT2D eigenvalue weighted by Crippen LogP contribution is 2.34. The number of imide groups is 1. The lowest BCUT2D eigenvalue weighted by atomic mass is 9.82. The lowest BCUT2D eigenvalue weighted by molar-refractivity contribution is -0.134. The fourth-order valence-corrected chi connectivity index (χ4v) is 5.03. The summed E-state index contributed by atoms with van der Waals surface area (Å²) in [6.45, 7) is 5.87. The Kier molecular flexibility index (Phi) is 5.36. The van der Waals surface area contributed by atoms with Crippen molar-refractivity contribution in [2.75, 3.05) is 11.9 Å². The molecule has 1 aliphatic heterocycles. The van der Waals surface area contributed by atoms with Gasteiger partial charge in [0.05, 0.1) is 5.69 Å². The third-order valence-corrected chi connectivity index (χ3v) is 6.88. The number of carbonyl (C=O) groups is 3. The number of rotatable bonds is 4. The molecular formula is C22H26N4O3S. The zero-order chi connectivity index (χ0) is 21.5. The fourth-order valence-electron chi connectivity index (χ4n) is 4.31. The van der Waals surface area contributed by atoms with Crippen LogP contribution in [0.15, 0.2) is 17.5 Å². The zero-order valence-corrected chi connectivity index (χ0v) is 18.3. The molecule has 0 bridgehead atoms. The summed E-state index contributed by atoms with van der Waals surface area (Å²) < 4.78 is 0. The van der Waals surface area contributed by atoms with Crippen LogP contribution in [-0.4, -0.2) is 39.8 Å². The van der Waals surface area contributed by atoms with Crippen molar-refractivity contribution < 1.29 is 14.4 Å². The van der Waals surface area contributed by atoms with E-state index in [9.17, 15) is 14.4 Å². The van der Waals surface area contributed by atoms with Gasteiger partial charge in [-0.05, 0) is 56.4 Å². The first-order chi connectivity index (χ1) is 14.3. The van der Waals surface area contributed by atoms with E-state index in [-0.39, 0.29) is 12.5 Å². The first-order valence-electron chi connectivity index (χ1n) is 10.3. The van der Waals surface area contributed by atoms with E-state index in [4.69, 9.17) is 0 Å². The van der Waals surface area contributed by atoms with Crippen LogP contribution in [0.25, 0.3) is 11.3 Å². The molecule has 30 heavy (non-hydrogen) atoms. The molecule has 1 aromatic carbocycles. The lowest BCUT2D eigenvalue weighted by Gasteiger charge is -2.30. The van der Waals surface area contributed by atoms with Crippen molar-refractivity contribution in [2.45, 2.75) is 58.4 Å². The van der Waals surface area contributed by atoms with Gasteiger partial charge in [0.25, 0.3) is 5.91 Å². The van der Waals surface area contributed by atoms with Crippen molar-refractivity contribution in [2.24, 2.45) is 0 Å². The summed E-state index contributed by atoms with van der Waals surface area (Å²) in [6.07, 6.45) is 4.16. The first-order valence-corrected chi connectivity index (χ1v) is 11.1. The second-order valence-electron chi connectivity index (χ2n) is 8.30. The summed E-state index contributed by atoms with van der Waals surface area (Å²) in [6, 6.07) is 3.74. The van der Waals surface area contributed by atoms with Crippen molar-refractivity contribution in [1.82, 2.24) is 15.2 Å². The van der Waals surface area contributed by atoms with Crippen LogP contribution in [-0.2, 0) is 9.59 Å². The van der Waals surface area contributed by atoms with Gasteiger partial charge in [-0.3, -0.25) is 14.5 Å². The maximum absolute atomic E-state index is 12.8. The minimum atomic E-state index is -0.815. The summed E-state index contributed by atoms with van der Waals surface area (Å²) in [5, 5.41) is 7.91. The number of nitrogens with zero attached hydrogens (tertiary/aromatic N) is 2. The summed E-state index contributed by atoms with van der Waals surface area (Å²) in [5.74, 6) is -0.711. The summed E-state index contributed by atoms with van der Waals surface area (Å²) in [7, 11) is 0. The highest BCUT2D eigenvalue weighted by Gasteiger charge is 2.51. The Morgan fingerprint density at radius 1 is 1.13 bits per heavy atom. The molecule has 8 heteroatoms. The van der Waals surface area contributed by atoms with Gasteiger partial charge in [-0.2, -0.15) is 0 Å². The molecule has 2 aromatic rings. The lowest BCUT2D eigenvalue weighted by Crippen LogP contribution is -2.48. The highest BCUT2D eigenvalue weighted by atomic mass is 32.1. The van der Waals surface area contributed by atoms with Gasteiger partial charge in [-0.1, -0.05) is 25.3 Å². The number of carbonyl (C=O) groups excluding carboxylic acids is 3. The van der Waals surface area contributed by atoms with Gasteiger partial charge < -0.3 is 10.6 Å². The van der Waals surface area contributed by atoms with Gasteiger partial charge in [-0.15, -0.1) is 11.3 Å². The number of hydrogen-bond donors (Lipinski definition) is 2. The number of amides is 4. The van der Waals surface area contributed by atoms with Crippen LogP contribution in [0.4, 0.5) is 9.93 Å². The van der Waals surface area contributed by atoms with Gasteiger partial charge in [-0.25, -0.2) is 9.78 Å². The maximum atomic E-state index is 12.8. The van der Waals surface area contributed by atoms with Gasteiger partial charge in [0.1, 0.15) is 12.1 Å². The number of aryl methyl sites for hydroxylation is 3. The average Bonchev–Trinajstić information content (AvgIpc) is 3.24. The Bertz CT molecular complexity index is 1020.